The standard InChI is InChI=1S/C15H21BFNO4S/c1-14(2)15(3,4)22-16(21-14)12-7-6-11(10-13(12)17)23(19,20)18-8-5-9-18/h6-7,10H,5,8-9H2,1-4H3. The smallest absolute Gasteiger partial charge is 0.399 e. The van der Waals surface area contributed by atoms with Crippen molar-refractivity contribution >= 4 is 22.6 Å². The zero-order valence-electron chi connectivity index (χ0n) is 13.8. The summed E-state index contributed by atoms with van der Waals surface area (Å²) in [7, 11) is -4.45. The Morgan fingerprint density at radius 1 is 1.13 bits per heavy atom. The molecule has 3 rings (SSSR count). The fourth-order valence-electron chi connectivity index (χ4n) is 2.51. The van der Waals surface area contributed by atoms with E-state index >= 15 is 0 Å². The second-order valence-corrected chi connectivity index (χ2v) is 8.97. The maximum atomic E-state index is 14.5. The largest absolute Gasteiger partial charge is 0.497 e. The van der Waals surface area contributed by atoms with Gasteiger partial charge in [-0.15, -0.1) is 0 Å². The minimum absolute atomic E-state index is 0.0324. The molecule has 2 aliphatic rings. The number of halogens is 1. The Morgan fingerprint density at radius 3 is 2.13 bits per heavy atom. The Kier molecular flexibility index (Phi) is 3.87. The predicted molar refractivity (Wildman–Crippen MR) is 85.5 cm³/mol. The molecular formula is C15H21BFNO4S. The summed E-state index contributed by atoms with van der Waals surface area (Å²) in [6.07, 6.45) is 0.841. The van der Waals surface area contributed by atoms with Gasteiger partial charge in [-0.05, 0) is 46.2 Å². The first-order valence-corrected chi connectivity index (χ1v) is 9.14. The van der Waals surface area contributed by atoms with Crippen molar-refractivity contribution in [2.24, 2.45) is 0 Å². The molecule has 2 heterocycles. The molecule has 0 saturated carbocycles. The Balaban J connectivity index is 1.89. The molecule has 0 unspecified atom stereocenters. The van der Waals surface area contributed by atoms with Crippen LogP contribution in [0.4, 0.5) is 4.39 Å². The summed E-state index contributed by atoms with van der Waals surface area (Å²) in [5.41, 5.74) is -0.940. The van der Waals surface area contributed by atoms with Gasteiger partial charge < -0.3 is 9.31 Å². The van der Waals surface area contributed by atoms with Crippen LogP contribution < -0.4 is 5.46 Å². The molecule has 2 aliphatic heterocycles. The lowest BCUT2D eigenvalue weighted by Gasteiger charge is -2.32. The van der Waals surface area contributed by atoms with Crippen LogP contribution in [0.25, 0.3) is 0 Å². The molecular weight excluding hydrogens is 320 g/mol. The normalized spacial score (nSPS) is 23.8. The van der Waals surface area contributed by atoms with E-state index in [-0.39, 0.29) is 10.4 Å². The minimum atomic E-state index is -3.60. The molecule has 23 heavy (non-hydrogen) atoms. The van der Waals surface area contributed by atoms with Crippen LogP contribution in [-0.4, -0.2) is 44.1 Å². The lowest BCUT2D eigenvalue weighted by molar-refractivity contribution is 0.00578. The quantitative estimate of drug-likeness (QED) is 0.783. The van der Waals surface area contributed by atoms with Gasteiger partial charge in [0.25, 0.3) is 0 Å². The first-order valence-electron chi connectivity index (χ1n) is 7.70. The maximum absolute atomic E-state index is 14.5. The third-order valence-corrected chi connectivity index (χ3v) is 6.83. The minimum Gasteiger partial charge on any atom is -0.399 e. The second kappa shape index (κ2) is 5.27. The summed E-state index contributed by atoms with van der Waals surface area (Å²) < 4.78 is 52.1. The average molecular weight is 341 g/mol. The number of benzene rings is 1. The van der Waals surface area contributed by atoms with Crippen LogP contribution in [-0.2, 0) is 19.3 Å². The van der Waals surface area contributed by atoms with Gasteiger partial charge >= 0.3 is 7.12 Å². The highest BCUT2D eigenvalue weighted by Crippen LogP contribution is 2.36. The van der Waals surface area contributed by atoms with Crippen LogP contribution in [0.1, 0.15) is 34.1 Å². The van der Waals surface area contributed by atoms with Crippen molar-refractivity contribution in [2.75, 3.05) is 13.1 Å². The van der Waals surface area contributed by atoms with Crippen molar-refractivity contribution in [3.8, 4) is 0 Å². The lowest BCUT2D eigenvalue weighted by atomic mass is 9.79. The molecule has 1 aromatic rings. The topological polar surface area (TPSA) is 55.8 Å². The Morgan fingerprint density at radius 2 is 1.70 bits per heavy atom. The van der Waals surface area contributed by atoms with Crippen molar-refractivity contribution in [1.29, 1.82) is 0 Å². The highest BCUT2D eigenvalue weighted by molar-refractivity contribution is 7.89. The van der Waals surface area contributed by atoms with Crippen LogP contribution in [0.15, 0.2) is 23.1 Å². The summed E-state index contributed by atoms with van der Waals surface area (Å²) in [4.78, 5) is -0.0324. The zero-order valence-corrected chi connectivity index (χ0v) is 14.6. The molecule has 0 aromatic heterocycles. The fraction of sp³-hybridized carbons (Fsp3) is 0.600. The summed E-state index contributed by atoms with van der Waals surface area (Å²) in [5, 5.41) is 0. The number of nitrogens with zero attached hydrogens (tertiary/aromatic N) is 1. The molecule has 126 valence electrons. The van der Waals surface area contributed by atoms with Gasteiger partial charge in [0.1, 0.15) is 5.82 Å². The first-order chi connectivity index (χ1) is 10.5. The molecule has 2 saturated heterocycles. The molecule has 5 nitrogen and oxygen atoms in total. The van der Waals surface area contributed by atoms with E-state index in [0.29, 0.717) is 13.1 Å². The van der Waals surface area contributed by atoms with E-state index in [1.807, 2.05) is 27.7 Å². The number of hydrogen-bond acceptors (Lipinski definition) is 4. The van der Waals surface area contributed by atoms with Crippen molar-refractivity contribution < 1.29 is 22.1 Å². The number of rotatable bonds is 3. The van der Waals surface area contributed by atoms with E-state index in [2.05, 4.69) is 0 Å². The van der Waals surface area contributed by atoms with Crippen LogP contribution >= 0.6 is 0 Å². The molecule has 0 atom stereocenters. The molecule has 8 heteroatoms. The van der Waals surface area contributed by atoms with E-state index in [0.717, 1.165) is 12.5 Å². The van der Waals surface area contributed by atoms with Crippen molar-refractivity contribution in [1.82, 2.24) is 4.31 Å². The zero-order chi connectivity index (χ0) is 17.0. The summed E-state index contributed by atoms with van der Waals surface area (Å²) in [6, 6.07) is 3.90. The van der Waals surface area contributed by atoms with Crippen LogP contribution in [0.3, 0.4) is 0 Å². The van der Waals surface area contributed by atoms with Crippen molar-refractivity contribution in [3.05, 3.63) is 24.0 Å². The number of sulfonamides is 1. The van der Waals surface area contributed by atoms with Gasteiger partial charge in [-0.1, -0.05) is 6.07 Å². The van der Waals surface area contributed by atoms with Crippen LogP contribution in [0.5, 0.6) is 0 Å². The lowest BCUT2D eigenvalue weighted by Crippen LogP contribution is -2.42. The summed E-state index contributed by atoms with van der Waals surface area (Å²) >= 11 is 0. The SMILES string of the molecule is CC1(C)OB(c2ccc(S(=O)(=O)N3CCC3)cc2F)OC1(C)C. The van der Waals surface area contributed by atoms with Crippen molar-refractivity contribution in [2.45, 2.75) is 50.2 Å². The Labute approximate surface area is 137 Å². The second-order valence-electron chi connectivity index (χ2n) is 7.03. The predicted octanol–water partition coefficient (Wildman–Crippen LogP) is 1.52. The van der Waals surface area contributed by atoms with Gasteiger partial charge in [0.15, 0.2) is 0 Å². The van der Waals surface area contributed by atoms with Crippen LogP contribution in [0, 0.1) is 5.82 Å². The molecule has 0 aliphatic carbocycles. The van der Waals surface area contributed by atoms with E-state index < -0.39 is 34.2 Å². The van der Waals surface area contributed by atoms with Crippen LogP contribution in [0.2, 0.25) is 0 Å². The first kappa shape index (κ1) is 16.9. The highest BCUT2D eigenvalue weighted by Gasteiger charge is 2.52. The van der Waals surface area contributed by atoms with Gasteiger partial charge in [0.05, 0.1) is 16.1 Å². The third-order valence-electron chi connectivity index (χ3n) is 4.93. The monoisotopic (exact) mass is 341 g/mol. The van der Waals surface area contributed by atoms with Gasteiger partial charge in [-0.2, -0.15) is 4.31 Å². The molecule has 0 spiro atoms. The van der Waals surface area contributed by atoms with Gasteiger partial charge in [0.2, 0.25) is 10.0 Å². The third kappa shape index (κ3) is 2.71. The maximum Gasteiger partial charge on any atom is 0.497 e. The average Bonchev–Trinajstić information content (AvgIpc) is 2.55. The van der Waals surface area contributed by atoms with Gasteiger partial charge in [0, 0.05) is 18.6 Å². The summed E-state index contributed by atoms with van der Waals surface area (Å²) in [5.74, 6) is -0.634. The highest BCUT2D eigenvalue weighted by atomic mass is 32.2. The van der Waals surface area contributed by atoms with Gasteiger partial charge in [-0.25, -0.2) is 12.8 Å². The Bertz CT molecular complexity index is 715. The molecule has 0 N–H and O–H groups in total. The molecule has 0 bridgehead atoms. The molecule has 2 fully saturated rings. The fourth-order valence-corrected chi connectivity index (χ4v) is 4.04. The Hall–Kier alpha value is -0.955. The summed E-state index contributed by atoms with van der Waals surface area (Å²) in [6.45, 7) is 8.51. The van der Waals surface area contributed by atoms with Crippen molar-refractivity contribution in [3.63, 3.8) is 0 Å². The van der Waals surface area contributed by atoms with E-state index in [1.165, 1.54) is 16.4 Å². The molecule has 1 aromatic carbocycles. The van der Waals surface area contributed by atoms with E-state index in [9.17, 15) is 12.8 Å². The van der Waals surface area contributed by atoms with E-state index in [4.69, 9.17) is 9.31 Å². The molecule has 0 radical (unpaired) electrons. The van der Waals surface area contributed by atoms with E-state index in [1.54, 1.807) is 0 Å². The molecule has 0 amide bonds. The number of hydrogen-bond donors (Lipinski definition) is 0. The van der Waals surface area contributed by atoms with Gasteiger partial charge in [-0.3, -0.25) is 0 Å².